The lowest BCUT2D eigenvalue weighted by Crippen LogP contribution is -2.73. The highest BCUT2D eigenvalue weighted by Gasteiger charge is 2.54. The van der Waals surface area contributed by atoms with Gasteiger partial charge in [0.05, 0.1) is 12.1 Å². The topological polar surface area (TPSA) is 404 Å². The molecule has 31 nitrogen and oxygen atoms in total. The molecular formula is C54H72N12O19S3. The number of ether oxygens (including phenoxy) is 4. The first-order chi connectivity index (χ1) is 40.3. The third kappa shape index (κ3) is 20.2. The van der Waals surface area contributed by atoms with Crippen molar-refractivity contribution < 1.29 is 79.9 Å². The fourth-order valence-corrected chi connectivity index (χ4v) is 9.46. The Hall–Kier alpha value is -8.63. The first-order valence-electron chi connectivity index (χ1n) is 26.8. The zero-order valence-electron chi connectivity index (χ0n) is 51.1. The van der Waals surface area contributed by atoms with Crippen molar-refractivity contribution in [1.82, 2.24) is 39.4 Å². The summed E-state index contributed by atoms with van der Waals surface area (Å²) in [4.78, 5) is 146. The SMILES string of the molecule is CC(C)(C)OC(=O)Nc1nc(/C(=N/OC(C)(C)C(=O)OC(C)(C)C)C(=O)N[C@@H]2C(=O)N(S(=O)(=O)O)[C@@H]2Cn2ccccc2=O)cs1.CC(C)(C)OC(=O)Nc1nc(/C(=N/OC(C)(C)C(=O)OC(C)(C)C)C(=O)N[C@@H]2C(=O)N[C@@H]2Cn2ccccc2=O)cs1. The van der Waals surface area contributed by atoms with E-state index in [4.69, 9.17) is 28.6 Å². The highest BCUT2D eigenvalue weighted by atomic mass is 32.2. The molecule has 6 amide bonds. The van der Waals surface area contributed by atoms with E-state index in [1.54, 1.807) is 101 Å². The molecule has 2 aliphatic heterocycles. The second-order valence-electron chi connectivity index (χ2n) is 24.5. The number of anilines is 2. The lowest BCUT2D eigenvalue weighted by Gasteiger charge is -2.44. The van der Waals surface area contributed by atoms with Gasteiger partial charge in [-0.3, -0.25) is 44.0 Å². The first-order valence-corrected chi connectivity index (χ1v) is 29.9. The van der Waals surface area contributed by atoms with Gasteiger partial charge in [0.2, 0.25) is 17.1 Å². The summed E-state index contributed by atoms with van der Waals surface area (Å²) in [6, 6.07) is 4.26. The number of nitrogens with zero attached hydrogens (tertiary/aromatic N) is 7. The van der Waals surface area contributed by atoms with Crippen LogP contribution in [0.4, 0.5) is 19.9 Å². The Labute approximate surface area is 513 Å². The van der Waals surface area contributed by atoms with Gasteiger partial charge in [0.25, 0.3) is 28.8 Å². The molecular weight excluding hydrogens is 1220 g/mol. The molecule has 6 N–H and O–H groups in total. The molecule has 4 atom stereocenters. The van der Waals surface area contributed by atoms with Gasteiger partial charge in [-0.05, 0) is 123 Å². The van der Waals surface area contributed by atoms with Gasteiger partial charge in [0.1, 0.15) is 45.9 Å². The Balaban J connectivity index is 0.000000322. The average molecular weight is 1290 g/mol. The second-order valence-corrected chi connectivity index (χ2v) is 27.5. The minimum absolute atomic E-state index is 0.000826. The maximum Gasteiger partial charge on any atom is 0.413 e. The summed E-state index contributed by atoms with van der Waals surface area (Å²) in [6.45, 7) is 25.3. The molecule has 2 fully saturated rings. The number of β-lactam (4-membered cyclic amide) rings is 2. The van der Waals surface area contributed by atoms with Crippen molar-refractivity contribution in [3.63, 3.8) is 0 Å². The molecule has 0 radical (unpaired) electrons. The summed E-state index contributed by atoms with van der Waals surface area (Å²) < 4.78 is 57.4. The fourth-order valence-electron chi connectivity index (χ4n) is 7.22. The van der Waals surface area contributed by atoms with Gasteiger partial charge in [-0.15, -0.1) is 22.7 Å². The molecule has 88 heavy (non-hydrogen) atoms. The van der Waals surface area contributed by atoms with Crippen LogP contribution < -0.4 is 37.7 Å². The van der Waals surface area contributed by atoms with E-state index >= 15 is 0 Å². The first kappa shape index (κ1) is 70.1. The Kier molecular flexibility index (Phi) is 21.7. The summed E-state index contributed by atoms with van der Waals surface area (Å²) >= 11 is 1.88. The molecule has 0 aliphatic carbocycles. The lowest BCUT2D eigenvalue weighted by molar-refractivity contribution is -0.180. The quantitative estimate of drug-likeness (QED) is 0.0194. The number of thiazole rings is 2. The number of hydrogen-bond donors (Lipinski definition) is 6. The summed E-state index contributed by atoms with van der Waals surface area (Å²) in [5.74, 6) is -5.14. The highest BCUT2D eigenvalue weighted by Crippen LogP contribution is 2.27. The van der Waals surface area contributed by atoms with Gasteiger partial charge >= 0.3 is 34.4 Å². The Morgan fingerprint density at radius 3 is 1.34 bits per heavy atom. The number of carbonyl (C=O) groups excluding carboxylic acids is 8. The molecule has 2 aliphatic rings. The molecule has 6 heterocycles. The number of nitrogens with one attached hydrogen (secondary N) is 5. The summed E-state index contributed by atoms with van der Waals surface area (Å²) in [7, 11) is -5.07. The zero-order chi connectivity index (χ0) is 66.3. The fraction of sp³-hybridized carbons (Fsp3) is 0.519. The third-order valence-electron chi connectivity index (χ3n) is 11.2. The van der Waals surface area contributed by atoms with Crippen molar-refractivity contribution in [3.05, 3.63) is 91.6 Å². The van der Waals surface area contributed by atoms with Crippen LogP contribution in [0, 0.1) is 0 Å². The number of carbonyl (C=O) groups is 8. The largest absolute Gasteiger partial charge is 0.457 e. The molecule has 6 rings (SSSR count). The van der Waals surface area contributed by atoms with E-state index in [0.717, 1.165) is 27.2 Å². The van der Waals surface area contributed by atoms with Crippen LogP contribution >= 0.6 is 22.7 Å². The molecule has 0 aromatic carbocycles. The van der Waals surface area contributed by atoms with Crippen molar-refractivity contribution in [1.29, 1.82) is 0 Å². The molecule has 2 saturated heterocycles. The lowest BCUT2D eigenvalue weighted by atomic mass is 9.98. The van der Waals surface area contributed by atoms with Crippen LogP contribution in [0.3, 0.4) is 0 Å². The molecule has 34 heteroatoms. The normalized spacial score (nSPS) is 17.5. The average Bonchev–Trinajstić information content (AvgIpc) is 2.10. The number of oxime groups is 2. The monoisotopic (exact) mass is 1290 g/mol. The third-order valence-corrected chi connectivity index (χ3v) is 13.7. The van der Waals surface area contributed by atoms with Crippen molar-refractivity contribution in [2.75, 3.05) is 10.6 Å². The van der Waals surface area contributed by atoms with Gasteiger partial charge in [-0.2, -0.15) is 8.42 Å². The van der Waals surface area contributed by atoms with Crippen molar-refractivity contribution in [2.24, 2.45) is 10.3 Å². The minimum atomic E-state index is -5.07. The number of rotatable bonds is 19. The van der Waals surface area contributed by atoms with Crippen LogP contribution in [-0.2, 0) is 80.8 Å². The van der Waals surface area contributed by atoms with Gasteiger partial charge < -0.3 is 53.7 Å². The molecule has 0 saturated carbocycles. The molecule has 0 bridgehead atoms. The maximum absolute atomic E-state index is 13.6. The smallest absolute Gasteiger partial charge is 0.413 e. The van der Waals surface area contributed by atoms with E-state index in [1.807, 2.05) is 0 Å². The van der Waals surface area contributed by atoms with Crippen LogP contribution in [0.15, 0.2) is 79.5 Å². The second kappa shape index (κ2) is 27.2. The number of hydrogen-bond acceptors (Lipinski definition) is 24. The van der Waals surface area contributed by atoms with Crippen LogP contribution in [0.2, 0.25) is 0 Å². The predicted molar refractivity (Wildman–Crippen MR) is 318 cm³/mol. The van der Waals surface area contributed by atoms with Crippen LogP contribution in [-0.4, -0.2) is 153 Å². The molecule has 480 valence electrons. The van der Waals surface area contributed by atoms with E-state index in [1.165, 1.54) is 73.5 Å². The Bertz CT molecular complexity index is 3600. The molecule has 4 aromatic rings. The van der Waals surface area contributed by atoms with Crippen molar-refractivity contribution in [3.8, 4) is 0 Å². The number of amides is 6. The maximum atomic E-state index is 13.6. The predicted octanol–water partition coefficient (Wildman–Crippen LogP) is 3.87. The zero-order valence-corrected chi connectivity index (χ0v) is 53.6. The van der Waals surface area contributed by atoms with Crippen LogP contribution in [0.5, 0.6) is 0 Å². The van der Waals surface area contributed by atoms with Crippen molar-refractivity contribution in [2.45, 2.75) is 182 Å². The van der Waals surface area contributed by atoms with E-state index in [9.17, 15) is 60.9 Å². The van der Waals surface area contributed by atoms with E-state index in [2.05, 4.69) is 46.9 Å². The summed E-state index contributed by atoms with van der Waals surface area (Å²) in [5, 5.41) is 23.2. The summed E-state index contributed by atoms with van der Waals surface area (Å²) in [5.41, 5.74) is -8.46. The van der Waals surface area contributed by atoms with Gasteiger partial charge in [0.15, 0.2) is 21.7 Å². The van der Waals surface area contributed by atoms with Gasteiger partial charge in [-0.25, -0.2) is 33.5 Å². The Morgan fingerprint density at radius 1 is 0.591 bits per heavy atom. The number of aromatic nitrogens is 4. The summed E-state index contributed by atoms with van der Waals surface area (Å²) in [6.07, 6.45) is 1.32. The minimum Gasteiger partial charge on any atom is -0.457 e. The molecule has 0 unspecified atom stereocenters. The van der Waals surface area contributed by atoms with Crippen LogP contribution in [0.1, 0.15) is 122 Å². The Morgan fingerprint density at radius 2 is 0.977 bits per heavy atom. The molecule has 4 aromatic heterocycles. The van der Waals surface area contributed by atoms with Crippen molar-refractivity contribution >= 4 is 102 Å². The number of esters is 2. The molecule has 0 spiro atoms. The standard InChI is InChI=1S/C27H36N6O11S2.C27H36N6O8S/c1-25(2,3)42-22(37)27(7,8)44-31-18(15-14-45-23(28-15)30-24(38)43-26(4,5)6)20(35)29-19-16(33(21(19)36)46(39,40)41)13-32-12-10-9-11-17(32)34;1-25(2,3)39-22(37)27(7,8)41-32-19(16-14-42-23(29-16)31-24(38)40-26(4,5)6)21(36)30-18-15(28-20(18)35)13-33-12-10-9-11-17(33)34/h9-12,14,16,19H,13H2,1-8H3,(H,29,35)(H,28,30,38)(H,39,40,41);9-12,14-15,18H,13H2,1-8H3,(H,28,35)(H,30,36)(H,29,31,38)/b31-18-;32-19-/t16-,19+;15-,18+/m11/s1. The number of pyridine rings is 2. The van der Waals surface area contributed by atoms with Gasteiger partial charge in [0, 0.05) is 48.4 Å². The van der Waals surface area contributed by atoms with Gasteiger partial charge in [-0.1, -0.05) is 22.4 Å². The van der Waals surface area contributed by atoms with E-state index in [-0.39, 0.29) is 43.8 Å². The van der Waals surface area contributed by atoms with E-state index < -0.39 is 134 Å². The van der Waals surface area contributed by atoms with E-state index in [0.29, 0.717) is 0 Å². The highest BCUT2D eigenvalue weighted by molar-refractivity contribution is 7.84. The van der Waals surface area contributed by atoms with Crippen LogP contribution in [0.25, 0.3) is 0 Å².